The van der Waals surface area contributed by atoms with E-state index in [0.717, 1.165) is 23.3 Å². The maximum absolute atomic E-state index is 13.5. The number of halogens is 2. The number of H-pyrrole nitrogens is 1. The van der Waals surface area contributed by atoms with Crippen LogP contribution in [0.3, 0.4) is 0 Å². The molecule has 31 heavy (non-hydrogen) atoms. The normalized spacial score (nSPS) is 17.7. The molecule has 3 N–H and O–H groups in total. The molecule has 0 aliphatic heterocycles. The molecule has 6 nitrogen and oxygen atoms in total. The highest BCUT2D eigenvalue weighted by atomic mass is 19.2. The van der Waals surface area contributed by atoms with Crippen LogP contribution in [0.1, 0.15) is 34.1 Å². The maximum atomic E-state index is 13.5. The second-order valence-corrected chi connectivity index (χ2v) is 8.12. The molecule has 0 fully saturated rings. The Hall–Kier alpha value is -3.26. The number of aromatic nitrogens is 1. The summed E-state index contributed by atoms with van der Waals surface area (Å²) in [5.74, 6) is -2.44. The van der Waals surface area contributed by atoms with E-state index in [1.807, 2.05) is 43.3 Å². The number of hydrogen-bond acceptors (Lipinski definition) is 3. The molecular formula is C23H24F2N4O2. The largest absolute Gasteiger partial charge is 0.350 e. The third-order valence-corrected chi connectivity index (χ3v) is 5.56. The molecule has 2 atom stereocenters. The molecule has 0 saturated carbocycles. The summed E-state index contributed by atoms with van der Waals surface area (Å²) in [4.78, 5) is 30.1. The summed E-state index contributed by atoms with van der Waals surface area (Å²) in [5.41, 5.74) is 2.58. The highest BCUT2D eigenvalue weighted by Gasteiger charge is 2.34. The molecule has 0 spiro atoms. The molecule has 8 heteroatoms. The van der Waals surface area contributed by atoms with Crippen LogP contribution in [0.5, 0.6) is 0 Å². The Bertz CT molecular complexity index is 1100. The van der Waals surface area contributed by atoms with Crippen LogP contribution in [0.25, 0.3) is 10.9 Å². The molecule has 1 aliphatic carbocycles. The number of nitrogens with zero attached hydrogens (tertiary/aromatic N) is 1. The van der Waals surface area contributed by atoms with Gasteiger partial charge in [-0.25, -0.2) is 8.78 Å². The first-order valence-corrected chi connectivity index (χ1v) is 10.1. The first-order chi connectivity index (χ1) is 14.8. The number of aromatic amines is 1. The summed E-state index contributed by atoms with van der Waals surface area (Å²) in [6, 6.07) is 10.6. The van der Waals surface area contributed by atoms with E-state index in [4.69, 9.17) is 0 Å². The monoisotopic (exact) mass is 426 g/mol. The second-order valence-electron chi connectivity index (χ2n) is 8.12. The highest BCUT2D eigenvalue weighted by Crippen LogP contribution is 2.32. The van der Waals surface area contributed by atoms with Crippen LogP contribution < -0.4 is 10.6 Å². The average molecular weight is 426 g/mol. The van der Waals surface area contributed by atoms with E-state index < -0.39 is 17.5 Å². The minimum atomic E-state index is -0.979. The summed E-state index contributed by atoms with van der Waals surface area (Å²) in [5, 5.41) is 6.43. The van der Waals surface area contributed by atoms with Crippen molar-refractivity contribution in [2.75, 3.05) is 20.6 Å². The predicted molar refractivity (Wildman–Crippen MR) is 114 cm³/mol. The SMILES string of the molecule is CN(C)CCC(=O)N[C@H]1c2ccccc2C[C@@H]1NC(=O)c1cc2cc(F)c(F)cc2[nH]1. The smallest absolute Gasteiger partial charge is 0.268 e. The van der Waals surface area contributed by atoms with Crippen LogP contribution in [-0.4, -0.2) is 48.4 Å². The van der Waals surface area contributed by atoms with Gasteiger partial charge in [-0.15, -0.1) is 0 Å². The fourth-order valence-electron chi connectivity index (χ4n) is 3.97. The van der Waals surface area contributed by atoms with Crippen molar-refractivity contribution in [1.82, 2.24) is 20.5 Å². The van der Waals surface area contributed by atoms with Crippen molar-refractivity contribution in [3.8, 4) is 0 Å². The van der Waals surface area contributed by atoms with Crippen LogP contribution >= 0.6 is 0 Å². The Labute approximate surface area is 178 Å². The van der Waals surface area contributed by atoms with Crippen molar-refractivity contribution in [3.63, 3.8) is 0 Å². The number of hydrogen-bond donors (Lipinski definition) is 3. The zero-order chi connectivity index (χ0) is 22.1. The first-order valence-electron chi connectivity index (χ1n) is 10.1. The van der Waals surface area contributed by atoms with E-state index in [9.17, 15) is 18.4 Å². The molecule has 162 valence electrons. The molecule has 2 aromatic carbocycles. The Morgan fingerprint density at radius 2 is 1.84 bits per heavy atom. The lowest BCUT2D eigenvalue weighted by Crippen LogP contribution is -2.44. The van der Waals surface area contributed by atoms with Crippen LogP contribution in [0.4, 0.5) is 8.78 Å². The van der Waals surface area contributed by atoms with E-state index in [0.29, 0.717) is 30.3 Å². The lowest BCUT2D eigenvalue weighted by Gasteiger charge is -2.23. The van der Waals surface area contributed by atoms with E-state index >= 15 is 0 Å². The van der Waals surface area contributed by atoms with Gasteiger partial charge in [0.25, 0.3) is 5.91 Å². The summed E-state index contributed by atoms with van der Waals surface area (Å²) in [6.45, 7) is 0.624. The molecule has 0 radical (unpaired) electrons. The van der Waals surface area contributed by atoms with Gasteiger partial charge in [-0.1, -0.05) is 24.3 Å². The topological polar surface area (TPSA) is 77.2 Å². The van der Waals surface area contributed by atoms with E-state index in [1.54, 1.807) is 0 Å². The zero-order valence-electron chi connectivity index (χ0n) is 17.3. The van der Waals surface area contributed by atoms with Gasteiger partial charge in [0.15, 0.2) is 11.6 Å². The number of rotatable bonds is 6. The number of amides is 2. The van der Waals surface area contributed by atoms with Crippen molar-refractivity contribution < 1.29 is 18.4 Å². The number of benzene rings is 2. The van der Waals surface area contributed by atoms with Gasteiger partial charge >= 0.3 is 0 Å². The number of fused-ring (bicyclic) bond motifs is 2. The van der Waals surface area contributed by atoms with Gasteiger partial charge in [-0.3, -0.25) is 9.59 Å². The Morgan fingerprint density at radius 1 is 1.10 bits per heavy atom. The Kier molecular flexibility index (Phi) is 5.73. The number of carbonyl (C=O) groups excluding carboxylic acids is 2. The van der Waals surface area contributed by atoms with Gasteiger partial charge in [0.05, 0.1) is 12.1 Å². The minimum absolute atomic E-state index is 0.0915. The fraction of sp³-hybridized carbons (Fsp3) is 0.304. The summed E-state index contributed by atoms with van der Waals surface area (Å²) in [6.07, 6.45) is 0.926. The predicted octanol–water partition coefficient (Wildman–Crippen LogP) is 2.91. The summed E-state index contributed by atoms with van der Waals surface area (Å²) >= 11 is 0. The molecule has 4 rings (SSSR count). The Morgan fingerprint density at radius 3 is 2.61 bits per heavy atom. The molecule has 1 aliphatic rings. The summed E-state index contributed by atoms with van der Waals surface area (Å²) in [7, 11) is 3.80. The van der Waals surface area contributed by atoms with Crippen LogP contribution in [0.15, 0.2) is 42.5 Å². The Balaban J connectivity index is 1.53. The minimum Gasteiger partial charge on any atom is -0.350 e. The van der Waals surface area contributed by atoms with Crippen LogP contribution in [0, 0.1) is 11.6 Å². The fourth-order valence-corrected chi connectivity index (χ4v) is 3.97. The third kappa shape index (κ3) is 4.44. The van der Waals surface area contributed by atoms with Gasteiger partial charge < -0.3 is 20.5 Å². The number of carbonyl (C=O) groups is 2. The lowest BCUT2D eigenvalue weighted by molar-refractivity contribution is -0.122. The van der Waals surface area contributed by atoms with Gasteiger partial charge in [0, 0.05) is 29.9 Å². The van der Waals surface area contributed by atoms with Crippen LogP contribution in [0.2, 0.25) is 0 Å². The highest BCUT2D eigenvalue weighted by molar-refractivity contribution is 5.98. The van der Waals surface area contributed by atoms with Crippen molar-refractivity contribution in [3.05, 3.63) is 70.9 Å². The van der Waals surface area contributed by atoms with Crippen molar-refractivity contribution in [2.45, 2.75) is 24.9 Å². The van der Waals surface area contributed by atoms with Gasteiger partial charge in [0.2, 0.25) is 5.91 Å². The summed E-state index contributed by atoms with van der Waals surface area (Å²) < 4.78 is 27.0. The van der Waals surface area contributed by atoms with E-state index in [1.165, 1.54) is 6.07 Å². The van der Waals surface area contributed by atoms with E-state index in [2.05, 4.69) is 15.6 Å². The van der Waals surface area contributed by atoms with Crippen molar-refractivity contribution >= 4 is 22.7 Å². The molecule has 0 unspecified atom stereocenters. The molecular weight excluding hydrogens is 402 g/mol. The van der Waals surface area contributed by atoms with Gasteiger partial charge in [0.1, 0.15) is 5.69 Å². The molecule has 0 saturated heterocycles. The lowest BCUT2D eigenvalue weighted by atomic mass is 10.1. The molecule has 2 amide bonds. The molecule has 3 aromatic rings. The molecule has 0 bridgehead atoms. The molecule has 1 aromatic heterocycles. The van der Waals surface area contributed by atoms with Gasteiger partial charge in [-0.2, -0.15) is 0 Å². The molecule has 1 heterocycles. The number of nitrogens with one attached hydrogen (secondary N) is 3. The standard InChI is InChI=1S/C23H24F2N4O2/c1-29(2)8-7-21(30)28-22-15-6-4-3-5-13(15)10-19(22)27-23(31)20-11-14-9-16(24)17(25)12-18(14)26-20/h3-6,9,11-12,19,22,26H,7-8,10H2,1-2H3,(H,27,31)(H,28,30)/t19-,22-/m0/s1. The first kappa shape index (κ1) is 21.0. The maximum Gasteiger partial charge on any atom is 0.268 e. The third-order valence-electron chi connectivity index (χ3n) is 5.56. The average Bonchev–Trinajstić information content (AvgIpc) is 3.28. The second kappa shape index (κ2) is 8.47. The van der Waals surface area contributed by atoms with Crippen molar-refractivity contribution in [2.24, 2.45) is 0 Å². The van der Waals surface area contributed by atoms with Gasteiger partial charge in [-0.05, 0) is 43.8 Å². The van der Waals surface area contributed by atoms with E-state index in [-0.39, 0.29) is 23.7 Å². The van der Waals surface area contributed by atoms with Crippen LogP contribution in [-0.2, 0) is 11.2 Å². The quantitative estimate of drug-likeness (QED) is 0.567. The zero-order valence-corrected chi connectivity index (χ0v) is 17.3. The van der Waals surface area contributed by atoms with Crippen molar-refractivity contribution in [1.29, 1.82) is 0 Å².